The van der Waals surface area contributed by atoms with Gasteiger partial charge < -0.3 is 10.5 Å². The number of nitrogens with two attached hydrogens (primary N) is 1. The second kappa shape index (κ2) is 7.58. The fraction of sp³-hybridized carbons (Fsp3) is 0.647. The Morgan fingerprint density at radius 3 is 2.50 bits per heavy atom. The summed E-state index contributed by atoms with van der Waals surface area (Å²) in [6.45, 7) is 4.43. The average Bonchev–Trinajstić information content (AvgIpc) is 2.47. The van der Waals surface area contributed by atoms with Gasteiger partial charge in [0.2, 0.25) is 0 Å². The molecule has 2 rings (SSSR count). The van der Waals surface area contributed by atoms with E-state index < -0.39 is 0 Å². The molecule has 0 aliphatic heterocycles. The van der Waals surface area contributed by atoms with Crippen LogP contribution in [0.15, 0.2) is 28.7 Å². The van der Waals surface area contributed by atoms with Gasteiger partial charge in [-0.25, -0.2) is 0 Å². The van der Waals surface area contributed by atoms with Crippen molar-refractivity contribution < 1.29 is 4.74 Å². The van der Waals surface area contributed by atoms with E-state index in [1.54, 1.807) is 0 Å². The van der Waals surface area contributed by atoms with Gasteiger partial charge in [0.1, 0.15) is 0 Å². The molecule has 0 heterocycles. The topological polar surface area (TPSA) is 35.2 Å². The smallest absolute Gasteiger partial charge is 0.0979 e. The molecule has 2 N–H and O–H groups in total. The molecule has 1 aromatic carbocycles. The Balaban J connectivity index is 2.12. The Bertz CT molecular complexity index is 406. The lowest BCUT2D eigenvalue weighted by atomic mass is 9.87. The summed E-state index contributed by atoms with van der Waals surface area (Å²) in [5.41, 5.74) is 7.51. The molecular weight excluding hydrogens is 314 g/mol. The summed E-state index contributed by atoms with van der Waals surface area (Å²) in [4.78, 5) is 0. The van der Waals surface area contributed by atoms with Gasteiger partial charge in [-0.1, -0.05) is 54.8 Å². The normalized spacial score (nSPS) is 26.2. The van der Waals surface area contributed by atoms with Crippen LogP contribution in [0.4, 0.5) is 0 Å². The van der Waals surface area contributed by atoms with E-state index >= 15 is 0 Å². The van der Waals surface area contributed by atoms with Gasteiger partial charge in [0.05, 0.1) is 12.2 Å². The van der Waals surface area contributed by atoms with Gasteiger partial charge in [-0.2, -0.15) is 0 Å². The quantitative estimate of drug-likeness (QED) is 0.834. The molecule has 2 nitrogen and oxygen atoms in total. The van der Waals surface area contributed by atoms with Gasteiger partial charge in [-0.15, -0.1) is 0 Å². The standard InChI is InChI=1S/C17H26BrNO/c1-3-15(19)17(13-8-10-14(18)11-9-13)20-16-7-5-4-6-12(16)2/h8-12,15-17H,3-7,19H2,1-2H3. The maximum Gasteiger partial charge on any atom is 0.0979 e. The molecule has 20 heavy (non-hydrogen) atoms. The van der Waals surface area contributed by atoms with Crippen molar-refractivity contribution >= 4 is 15.9 Å². The van der Waals surface area contributed by atoms with Crippen LogP contribution in [0, 0.1) is 5.92 Å². The lowest BCUT2D eigenvalue weighted by Gasteiger charge is -2.34. The molecule has 0 saturated heterocycles. The first-order valence-electron chi connectivity index (χ1n) is 7.78. The van der Waals surface area contributed by atoms with Crippen LogP contribution in [0.1, 0.15) is 57.6 Å². The van der Waals surface area contributed by atoms with E-state index in [1.165, 1.54) is 31.2 Å². The van der Waals surface area contributed by atoms with Gasteiger partial charge in [0, 0.05) is 10.5 Å². The van der Waals surface area contributed by atoms with Crippen LogP contribution < -0.4 is 5.73 Å². The minimum Gasteiger partial charge on any atom is -0.368 e. The second-order valence-corrected chi connectivity index (χ2v) is 6.90. The first-order valence-corrected chi connectivity index (χ1v) is 8.57. The molecule has 0 amide bonds. The van der Waals surface area contributed by atoms with Crippen molar-refractivity contribution in [1.29, 1.82) is 0 Å². The highest BCUT2D eigenvalue weighted by Gasteiger charge is 2.28. The van der Waals surface area contributed by atoms with E-state index in [9.17, 15) is 0 Å². The summed E-state index contributed by atoms with van der Waals surface area (Å²) in [7, 11) is 0. The van der Waals surface area contributed by atoms with Crippen molar-refractivity contribution in [2.45, 2.75) is 64.2 Å². The zero-order valence-electron chi connectivity index (χ0n) is 12.5. The van der Waals surface area contributed by atoms with Crippen LogP contribution in [-0.2, 0) is 4.74 Å². The SMILES string of the molecule is CCC(N)C(OC1CCCCC1C)c1ccc(Br)cc1. The minimum atomic E-state index is 0.0126. The van der Waals surface area contributed by atoms with Gasteiger partial charge in [-0.3, -0.25) is 0 Å². The third-order valence-electron chi connectivity index (χ3n) is 4.41. The van der Waals surface area contributed by atoms with Gasteiger partial charge >= 0.3 is 0 Å². The molecule has 1 aliphatic rings. The predicted molar refractivity (Wildman–Crippen MR) is 87.7 cm³/mol. The van der Waals surface area contributed by atoms with E-state index in [-0.39, 0.29) is 12.1 Å². The summed E-state index contributed by atoms with van der Waals surface area (Å²) in [5, 5.41) is 0. The highest BCUT2D eigenvalue weighted by atomic mass is 79.9. The third-order valence-corrected chi connectivity index (χ3v) is 4.94. The molecule has 4 atom stereocenters. The Hall–Kier alpha value is -0.380. The summed E-state index contributed by atoms with van der Waals surface area (Å²) in [5.74, 6) is 0.644. The molecule has 0 bridgehead atoms. The Labute approximate surface area is 131 Å². The van der Waals surface area contributed by atoms with Crippen LogP contribution >= 0.6 is 15.9 Å². The van der Waals surface area contributed by atoms with Gasteiger partial charge in [-0.05, 0) is 42.9 Å². The van der Waals surface area contributed by atoms with Crippen LogP contribution in [0.25, 0.3) is 0 Å². The predicted octanol–water partition coefficient (Wildman–Crippen LogP) is 4.82. The molecular formula is C17H26BrNO. The summed E-state index contributed by atoms with van der Waals surface area (Å²) in [6.07, 6.45) is 6.37. The van der Waals surface area contributed by atoms with Crippen molar-refractivity contribution in [3.63, 3.8) is 0 Å². The highest BCUT2D eigenvalue weighted by molar-refractivity contribution is 9.10. The molecule has 0 aromatic heterocycles. The van der Waals surface area contributed by atoms with Crippen LogP contribution in [0.5, 0.6) is 0 Å². The van der Waals surface area contributed by atoms with Crippen molar-refractivity contribution in [1.82, 2.24) is 0 Å². The zero-order chi connectivity index (χ0) is 14.5. The Morgan fingerprint density at radius 1 is 1.25 bits per heavy atom. The molecule has 1 saturated carbocycles. The number of benzene rings is 1. The van der Waals surface area contributed by atoms with Crippen LogP contribution in [-0.4, -0.2) is 12.1 Å². The Morgan fingerprint density at radius 2 is 1.90 bits per heavy atom. The van der Waals surface area contributed by atoms with Gasteiger partial charge in [0.15, 0.2) is 0 Å². The van der Waals surface area contributed by atoms with Crippen LogP contribution in [0.3, 0.4) is 0 Å². The molecule has 112 valence electrons. The maximum absolute atomic E-state index is 6.44. The summed E-state index contributed by atoms with van der Waals surface area (Å²) < 4.78 is 7.54. The highest BCUT2D eigenvalue weighted by Crippen LogP contribution is 2.33. The van der Waals surface area contributed by atoms with E-state index in [0.717, 1.165) is 10.9 Å². The van der Waals surface area contributed by atoms with Gasteiger partial charge in [0.25, 0.3) is 0 Å². The maximum atomic E-state index is 6.44. The monoisotopic (exact) mass is 339 g/mol. The summed E-state index contributed by atoms with van der Waals surface area (Å²) in [6, 6.07) is 8.44. The number of hydrogen-bond donors (Lipinski definition) is 1. The molecule has 1 aliphatic carbocycles. The second-order valence-electron chi connectivity index (χ2n) is 5.98. The number of rotatable bonds is 5. The van der Waals surface area contributed by atoms with E-state index in [4.69, 9.17) is 10.5 Å². The van der Waals surface area contributed by atoms with E-state index in [2.05, 4.69) is 54.0 Å². The summed E-state index contributed by atoms with van der Waals surface area (Å²) >= 11 is 3.48. The minimum absolute atomic E-state index is 0.0126. The molecule has 1 aromatic rings. The molecule has 1 fully saturated rings. The number of halogens is 1. The first kappa shape index (κ1) is 16.0. The average molecular weight is 340 g/mol. The molecule has 0 radical (unpaired) electrons. The Kier molecular flexibility index (Phi) is 6.06. The third kappa shape index (κ3) is 4.06. The van der Waals surface area contributed by atoms with Crippen molar-refractivity contribution in [2.75, 3.05) is 0 Å². The fourth-order valence-corrected chi connectivity index (χ4v) is 3.23. The largest absolute Gasteiger partial charge is 0.368 e. The fourth-order valence-electron chi connectivity index (χ4n) is 2.97. The van der Waals surface area contributed by atoms with Crippen molar-refractivity contribution in [3.8, 4) is 0 Å². The lowest BCUT2D eigenvalue weighted by molar-refractivity contribution is -0.0677. The first-order chi connectivity index (χ1) is 9.61. The molecule has 4 unspecified atom stereocenters. The zero-order valence-corrected chi connectivity index (χ0v) is 14.1. The van der Waals surface area contributed by atoms with E-state index in [0.29, 0.717) is 12.0 Å². The molecule has 3 heteroatoms. The molecule has 0 spiro atoms. The number of hydrogen-bond acceptors (Lipinski definition) is 2. The van der Waals surface area contributed by atoms with Crippen molar-refractivity contribution in [2.24, 2.45) is 11.7 Å². The van der Waals surface area contributed by atoms with E-state index in [1.807, 2.05) is 0 Å². The lowest BCUT2D eigenvalue weighted by Crippen LogP contribution is -2.35. The van der Waals surface area contributed by atoms with Crippen molar-refractivity contribution in [3.05, 3.63) is 34.3 Å². The van der Waals surface area contributed by atoms with Crippen LogP contribution in [0.2, 0.25) is 0 Å². The number of ether oxygens (including phenoxy) is 1.